The van der Waals surface area contributed by atoms with Gasteiger partial charge in [0, 0.05) is 6.66 Å². The van der Waals surface area contributed by atoms with Crippen molar-refractivity contribution >= 4 is 7.68 Å². The van der Waals surface area contributed by atoms with Gasteiger partial charge in [0.2, 0.25) is 0 Å². The Balaban J connectivity index is 3.74. The van der Waals surface area contributed by atoms with Gasteiger partial charge in [0.05, 0.1) is 6.61 Å². The first kappa shape index (κ1) is 13.1. The van der Waals surface area contributed by atoms with E-state index in [0.717, 1.165) is 32.3 Å². The van der Waals surface area contributed by atoms with Crippen LogP contribution >= 0.6 is 7.68 Å². The van der Waals surface area contributed by atoms with Crippen LogP contribution in [0.25, 0.3) is 0 Å². The number of hydrogen-bond acceptors (Lipinski definition) is 2. The molecule has 0 bridgehead atoms. The summed E-state index contributed by atoms with van der Waals surface area (Å²) in [5.41, 5.74) is 0. The highest BCUT2D eigenvalue weighted by molar-refractivity contribution is 7.52. The minimum absolute atomic E-state index is 0.298. The molecule has 13 heavy (non-hydrogen) atoms. The molecule has 0 heterocycles. The van der Waals surface area contributed by atoms with Crippen LogP contribution in [0.4, 0.5) is 4.20 Å². The minimum atomic E-state index is -3.77. The maximum atomic E-state index is 12.6. The fourth-order valence-corrected chi connectivity index (χ4v) is 1.84. The maximum Gasteiger partial charge on any atom is 0.364 e. The standard InChI is InChI=1S/C9H20FO2P/c1-4-6-9(7-5-2)8-12-13(3,10)11/h9H,4-8H2,1-3H3. The highest BCUT2D eigenvalue weighted by Crippen LogP contribution is 2.44. The third-order valence-electron chi connectivity index (χ3n) is 1.93. The van der Waals surface area contributed by atoms with Gasteiger partial charge in [-0.05, 0) is 18.8 Å². The maximum absolute atomic E-state index is 12.6. The molecular weight excluding hydrogens is 190 g/mol. The van der Waals surface area contributed by atoms with E-state index in [2.05, 4.69) is 18.4 Å². The fraction of sp³-hybridized carbons (Fsp3) is 1.00. The van der Waals surface area contributed by atoms with Crippen molar-refractivity contribution < 1.29 is 13.3 Å². The lowest BCUT2D eigenvalue weighted by Gasteiger charge is -2.15. The van der Waals surface area contributed by atoms with Gasteiger partial charge in [-0.15, -0.1) is 0 Å². The summed E-state index contributed by atoms with van der Waals surface area (Å²) in [6.45, 7) is 5.49. The van der Waals surface area contributed by atoms with Crippen LogP contribution in [0.2, 0.25) is 0 Å². The van der Waals surface area contributed by atoms with E-state index in [-0.39, 0.29) is 0 Å². The third kappa shape index (κ3) is 8.45. The molecule has 2 nitrogen and oxygen atoms in total. The van der Waals surface area contributed by atoms with E-state index in [1.807, 2.05) is 0 Å². The molecule has 0 aromatic rings. The summed E-state index contributed by atoms with van der Waals surface area (Å²) in [5.74, 6) is 0.360. The Hall–Kier alpha value is 0.120. The zero-order valence-electron chi connectivity index (χ0n) is 8.75. The molecule has 0 N–H and O–H groups in total. The van der Waals surface area contributed by atoms with Crippen molar-refractivity contribution in [1.82, 2.24) is 0 Å². The quantitative estimate of drug-likeness (QED) is 0.593. The zero-order valence-corrected chi connectivity index (χ0v) is 9.65. The topological polar surface area (TPSA) is 26.3 Å². The van der Waals surface area contributed by atoms with E-state index in [1.54, 1.807) is 0 Å². The summed E-state index contributed by atoms with van der Waals surface area (Å²) in [4.78, 5) is 0. The van der Waals surface area contributed by atoms with Crippen LogP contribution in [0.15, 0.2) is 0 Å². The Morgan fingerprint density at radius 2 is 1.77 bits per heavy atom. The Morgan fingerprint density at radius 3 is 2.08 bits per heavy atom. The van der Waals surface area contributed by atoms with E-state index in [0.29, 0.717) is 12.5 Å². The summed E-state index contributed by atoms with van der Waals surface area (Å²) in [5, 5.41) is 0. The molecule has 0 radical (unpaired) electrons. The van der Waals surface area contributed by atoms with Crippen molar-refractivity contribution in [1.29, 1.82) is 0 Å². The summed E-state index contributed by atoms with van der Waals surface area (Å²) in [6, 6.07) is 0. The molecule has 0 aromatic heterocycles. The molecule has 0 saturated carbocycles. The van der Waals surface area contributed by atoms with Gasteiger partial charge >= 0.3 is 7.68 Å². The van der Waals surface area contributed by atoms with Crippen LogP contribution < -0.4 is 0 Å². The Bertz CT molecular complexity index is 161. The largest absolute Gasteiger partial charge is 0.364 e. The van der Waals surface area contributed by atoms with E-state index >= 15 is 0 Å². The predicted molar refractivity (Wildman–Crippen MR) is 53.9 cm³/mol. The molecule has 0 aliphatic carbocycles. The summed E-state index contributed by atoms with van der Waals surface area (Å²) in [6.07, 6.45) is 4.17. The smallest absolute Gasteiger partial charge is 0.305 e. The molecule has 0 fully saturated rings. The molecular formula is C9H20FO2P. The average Bonchev–Trinajstić information content (AvgIpc) is 2.00. The molecule has 80 valence electrons. The molecule has 0 rings (SSSR count). The molecule has 1 atom stereocenters. The average molecular weight is 210 g/mol. The van der Waals surface area contributed by atoms with E-state index in [4.69, 9.17) is 0 Å². The molecule has 1 unspecified atom stereocenters. The third-order valence-corrected chi connectivity index (χ3v) is 2.54. The summed E-state index contributed by atoms with van der Waals surface area (Å²) in [7, 11) is -3.77. The molecule has 0 spiro atoms. The van der Waals surface area contributed by atoms with Crippen LogP contribution in [0.3, 0.4) is 0 Å². The second-order valence-corrected chi connectivity index (χ2v) is 5.24. The van der Waals surface area contributed by atoms with Gasteiger partial charge < -0.3 is 4.52 Å². The van der Waals surface area contributed by atoms with E-state index in [9.17, 15) is 8.76 Å². The van der Waals surface area contributed by atoms with Gasteiger partial charge in [0.25, 0.3) is 0 Å². The minimum Gasteiger partial charge on any atom is -0.305 e. The Morgan fingerprint density at radius 1 is 1.31 bits per heavy atom. The first-order valence-electron chi connectivity index (χ1n) is 4.91. The molecule has 0 aromatic carbocycles. The molecule has 0 saturated heterocycles. The van der Waals surface area contributed by atoms with Crippen molar-refractivity contribution in [2.45, 2.75) is 39.5 Å². The van der Waals surface area contributed by atoms with Crippen LogP contribution in [0, 0.1) is 5.92 Å². The Kier molecular flexibility index (Phi) is 6.62. The van der Waals surface area contributed by atoms with Gasteiger partial charge in [0.15, 0.2) is 0 Å². The van der Waals surface area contributed by atoms with Crippen molar-refractivity contribution in [3.8, 4) is 0 Å². The second-order valence-electron chi connectivity index (χ2n) is 3.49. The monoisotopic (exact) mass is 210 g/mol. The SMILES string of the molecule is CCCC(CCC)COP(C)(=O)F. The summed E-state index contributed by atoms with van der Waals surface area (Å²) < 4.78 is 27.9. The zero-order chi connectivity index (χ0) is 10.3. The van der Waals surface area contributed by atoms with Crippen molar-refractivity contribution in [3.63, 3.8) is 0 Å². The van der Waals surface area contributed by atoms with Crippen molar-refractivity contribution in [2.24, 2.45) is 5.92 Å². The van der Waals surface area contributed by atoms with Crippen molar-refractivity contribution in [2.75, 3.05) is 13.3 Å². The van der Waals surface area contributed by atoms with Gasteiger partial charge in [0.1, 0.15) is 0 Å². The Labute approximate surface area is 80.4 Å². The normalized spacial score (nSPS) is 16.1. The lowest BCUT2D eigenvalue weighted by molar-refractivity contribution is 0.218. The molecule has 0 amide bonds. The van der Waals surface area contributed by atoms with Gasteiger partial charge in [-0.1, -0.05) is 26.7 Å². The van der Waals surface area contributed by atoms with Crippen molar-refractivity contribution in [3.05, 3.63) is 0 Å². The van der Waals surface area contributed by atoms with E-state index in [1.165, 1.54) is 0 Å². The highest BCUT2D eigenvalue weighted by Gasteiger charge is 2.16. The first-order chi connectivity index (χ1) is 5.99. The lowest BCUT2D eigenvalue weighted by atomic mass is 10.00. The van der Waals surface area contributed by atoms with Gasteiger partial charge in [-0.25, -0.2) is 0 Å². The number of halogens is 1. The fourth-order valence-electron chi connectivity index (χ4n) is 1.37. The van der Waals surface area contributed by atoms with Gasteiger partial charge in [-0.2, -0.15) is 4.20 Å². The van der Waals surface area contributed by atoms with Crippen LogP contribution in [0.5, 0.6) is 0 Å². The van der Waals surface area contributed by atoms with Crippen LogP contribution in [0.1, 0.15) is 39.5 Å². The highest BCUT2D eigenvalue weighted by atomic mass is 31.2. The molecule has 0 aliphatic rings. The predicted octanol–water partition coefficient (Wildman–Crippen LogP) is 4.01. The second kappa shape index (κ2) is 6.56. The summed E-state index contributed by atoms with van der Waals surface area (Å²) >= 11 is 0. The van der Waals surface area contributed by atoms with Crippen LogP contribution in [-0.2, 0) is 9.09 Å². The molecule has 4 heteroatoms. The lowest BCUT2D eigenvalue weighted by Crippen LogP contribution is -2.07. The molecule has 0 aliphatic heterocycles. The first-order valence-corrected chi connectivity index (χ1v) is 6.87. The number of hydrogen-bond donors (Lipinski definition) is 0. The van der Waals surface area contributed by atoms with Crippen LogP contribution in [-0.4, -0.2) is 13.3 Å². The van der Waals surface area contributed by atoms with E-state index < -0.39 is 7.68 Å². The number of rotatable bonds is 7. The van der Waals surface area contributed by atoms with Gasteiger partial charge in [-0.3, -0.25) is 4.57 Å².